The van der Waals surface area contributed by atoms with E-state index < -0.39 is 0 Å². The van der Waals surface area contributed by atoms with E-state index in [4.69, 9.17) is 4.74 Å². The second kappa shape index (κ2) is 6.17. The minimum absolute atomic E-state index is 0.506. The lowest BCUT2D eigenvalue weighted by Crippen LogP contribution is -2.34. The molecule has 17 heavy (non-hydrogen) atoms. The van der Waals surface area contributed by atoms with Gasteiger partial charge in [0.1, 0.15) is 12.4 Å². The molecule has 0 bridgehead atoms. The summed E-state index contributed by atoms with van der Waals surface area (Å²) < 4.78 is 6.73. The number of ether oxygens (including phenoxy) is 1. The maximum Gasteiger partial charge on any atom is 0.138 e. The standard InChI is InChI=1S/C13H17BrN2O/c1-2-5-16-6-3-4-12(16)10-17-13-7-11(14)8-15-9-13/h2,7-9,12H,1,3-6,10H2/t12-/m0/s1. The molecule has 0 N–H and O–H groups in total. The molecular weight excluding hydrogens is 280 g/mol. The highest BCUT2D eigenvalue weighted by molar-refractivity contribution is 9.10. The fourth-order valence-electron chi connectivity index (χ4n) is 2.15. The number of nitrogens with zero attached hydrogens (tertiary/aromatic N) is 2. The molecule has 92 valence electrons. The van der Waals surface area contributed by atoms with Gasteiger partial charge in [-0.15, -0.1) is 6.58 Å². The fraction of sp³-hybridized carbons (Fsp3) is 0.462. The van der Waals surface area contributed by atoms with E-state index in [1.807, 2.05) is 12.1 Å². The Kier molecular flexibility index (Phi) is 4.57. The molecule has 0 amide bonds. The molecule has 1 aromatic rings. The largest absolute Gasteiger partial charge is 0.490 e. The highest BCUT2D eigenvalue weighted by Crippen LogP contribution is 2.20. The van der Waals surface area contributed by atoms with Gasteiger partial charge in [-0.1, -0.05) is 6.08 Å². The van der Waals surface area contributed by atoms with E-state index >= 15 is 0 Å². The van der Waals surface area contributed by atoms with Crippen LogP contribution in [-0.4, -0.2) is 35.6 Å². The number of aromatic nitrogens is 1. The second-order valence-corrected chi connectivity index (χ2v) is 5.15. The molecule has 2 rings (SSSR count). The molecule has 0 aromatic carbocycles. The van der Waals surface area contributed by atoms with Crippen LogP contribution >= 0.6 is 15.9 Å². The van der Waals surface area contributed by atoms with Gasteiger partial charge in [-0.2, -0.15) is 0 Å². The van der Waals surface area contributed by atoms with E-state index in [1.165, 1.54) is 12.8 Å². The summed E-state index contributed by atoms with van der Waals surface area (Å²) in [5, 5.41) is 0. The minimum Gasteiger partial charge on any atom is -0.490 e. The molecule has 0 unspecified atom stereocenters. The number of hydrogen-bond donors (Lipinski definition) is 0. The van der Waals surface area contributed by atoms with E-state index in [0.717, 1.165) is 29.9 Å². The summed E-state index contributed by atoms with van der Waals surface area (Å²) in [4.78, 5) is 6.50. The summed E-state index contributed by atoms with van der Waals surface area (Å²) in [6.45, 7) is 6.62. The molecule has 1 aliphatic heterocycles. The fourth-order valence-corrected chi connectivity index (χ4v) is 2.50. The van der Waals surface area contributed by atoms with Crippen LogP contribution in [0.2, 0.25) is 0 Å². The van der Waals surface area contributed by atoms with Gasteiger partial charge in [-0.05, 0) is 41.4 Å². The van der Waals surface area contributed by atoms with Crippen molar-refractivity contribution in [2.24, 2.45) is 0 Å². The highest BCUT2D eigenvalue weighted by atomic mass is 79.9. The molecule has 4 heteroatoms. The maximum absolute atomic E-state index is 5.78. The van der Waals surface area contributed by atoms with E-state index in [2.05, 4.69) is 32.4 Å². The molecular formula is C13H17BrN2O. The van der Waals surface area contributed by atoms with Crippen LogP contribution in [0, 0.1) is 0 Å². The van der Waals surface area contributed by atoms with Gasteiger partial charge in [-0.25, -0.2) is 0 Å². The zero-order valence-electron chi connectivity index (χ0n) is 9.81. The summed E-state index contributed by atoms with van der Waals surface area (Å²) in [5.74, 6) is 0.824. The van der Waals surface area contributed by atoms with Gasteiger partial charge < -0.3 is 4.74 Å². The van der Waals surface area contributed by atoms with Crippen molar-refractivity contribution in [2.75, 3.05) is 19.7 Å². The Hall–Kier alpha value is -0.870. The first-order valence-corrected chi connectivity index (χ1v) is 6.67. The smallest absolute Gasteiger partial charge is 0.138 e. The average Bonchev–Trinajstić information content (AvgIpc) is 2.75. The highest BCUT2D eigenvalue weighted by Gasteiger charge is 2.23. The first kappa shape index (κ1) is 12.6. The van der Waals surface area contributed by atoms with Crippen LogP contribution in [-0.2, 0) is 0 Å². The van der Waals surface area contributed by atoms with E-state index in [9.17, 15) is 0 Å². The predicted molar refractivity (Wildman–Crippen MR) is 72.2 cm³/mol. The summed E-state index contributed by atoms with van der Waals surface area (Å²) >= 11 is 3.39. The summed E-state index contributed by atoms with van der Waals surface area (Å²) in [6, 6.07) is 2.45. The SMILES string of the molecule is C=CCN1CCC[C@H]1COc1cncc(Br)c1. The van der Waals surface area contributed by atoms with Gasteiger partial charge >= 0.3 is 0 Å². The van der Waals surface area contributed by atoms with Crippen molar-refractivity contribution in [3.05, 3.63) is 35.6 Å². The van der Waals surface area contributed by atoms with E-state index in [-0.39, 0.29) is 0 Å². The first-order valence-electron chi connectivity index (χ1n) is 5.88. The monoisotopic (exact) mass is 296 g/mol. The van der Waals surface area contributed by atoms with Crippen LogP contribution in [0.15, 0.2) is 35.6 Å². The second-order valence-electron chi connectivity index (χ2n) is 4.23. The van der Waals surface area contributed by atoms with Crippen LogP contribution in [0.25, 0.3) is 0 Å². The van der Waals surface area contributed by atoms with Crippen LogP contribution < -0.4 is 4.74 Å². The Balaban J connectivity index is 1.87. The third-order valence-corrected chi connectivity index (χ3v) is 3.42. The van der Waals surface area contributed by atoms with Crippen LogP contribution in [0.4, 0.5) is 0 Å². The minimum atomic E-state index is 0.506. The Bertz CT molecular complexity index is 383. The molecule has 2 heterocycles. The van der Waals surface area contributed by atoms with Crippen molar-refractivity contribution in [1.29, 1.82) is 0 Å². The molecule has 3 nitrogen and oxygen atoms in total. The van der Waals surface area contributed by atoms with Gasteiger partial charge in [-0.3, -0.25) is 9.88 Å². The lowest BCUT2D eigenvalue weighted by Gasteiger charge is -2.22. The maximum atomic E-state index is 5.78. The van der Waals surface area contributed by atoms with Gasteiger partial charge in [0.15, 0.2) is 0 Å². The Labute approximate surface area is 111 Å². The van der Waals surface area contributed by atoms with Crippen molar-refractivity contribution < 1.29 is 4.74 Å². The Morgan fingerprint density at radius 1 is 1.59 bits per heavy atom. The van der Waals surface area contributed by atoms with Crippen LogP contribution in [0.3, 0.4) is 0 Å². The average molecular weight is 297 g/mol. The zero-order chi connectivity index (χ0) is 12.1. The molecule has 1 aliphatic rings. The topological polar surface area (TPSA) is 25.4 Å². The third-order valence-electron chi connectivity index (χ3n) is 2.98. The van der Waals surface area contributed by atoms with Crippen molar-refractivity contribution in [3.8, 4) is 5.75 Å². The number of hydrogen-bond acceptors (Lipinski definition) is 3. The molecule has 0 spiro atoms. The zero-order valence-corrected chi connectivity index (χ0v) is 11.4. The summed E-state index contributed by atoms with van der Waals surface area (Å²) in [6.07, 6.45) is 7.91. The molecule has 1 aromatic heterocycles. The van der Waals surface area contributed by atoms with Crippen molar-refractivity contribution in [2.45, 2.75) is 18.9 Å². The molecule has 1 atom stereocenters. The third kappa shape index (κ3) is 3.54. The lowest BCUT2D eigenvalue weighted by atomic mass is 10.2. The summed E-state index contributed by atoms with van der Waals surface area (Å²) in [7, 11) is 0. The normalized spacial score (nSPS) is 20.4. The molecule has 0 radical (unpaired) electrons. The number of halogens is 1. The van der Waals surface area contributed by atoms with E-state index in [1.54, 1.807) is 12.4 Å². The van der Waals surface area contributed by atoms with Crippen LogP contribution in [0.1, 0.15) is 12.8 Å². The Morgan fingerprint density at radius 3 is 3.24 bits per heavy atom. The lowest BCUT2D eigenvalue weighted by molar-refractivity contribution is 0.184. The number of pyridine rings is 1. The predicted octanol–water partition coefficient (Wildman–Crippen LogP) is 2.87. The number of rotatable bonds is 5. The molecule has 0 saturated carbocycles. The quantitative estimate of drug-likeness (QED) is 0.781. The van der Waals surface area contributed by atoms with Gasteiger partial charge in [0.05, 0.1) is 6.20 Å². The van der Waals surface area contributed by atoms with Crippen molar-refractivity contribution in [1.82, 2.24) is 9.88 Å². The molecule has 0 aliphatic carbocycles. The van der Waals surface area contributed by atoms with Crippen LogP contribution in [0.5, 0.6) is 5.75 Å². The summed E-state index contributed by atoms with van der Waals surface area (Å²) in [5.41, 5.74) is 0. The van der Waals surface area contributed by atoms with Gasteiger partial charge in [0.25, 0.3) is 0 Å². The van der Waals surface area contributed by atoms with Gasteiger partial charge in [0, 0.05) is 23.3 Å². The number of likely N-dealkylation sites (tertiary alicyclic amines) is 1. The molecule has 1 saturated heterocycles. The van der Waals surface area contributed by atoms with Gasteiger partial charge in [0.2, 0.25) is 0 Å². The van der Waals surface area contributed by atoms with Crippen molar-refractivity contribution in [3.63, 3.8) is 0 Å². The van der Waals surface area contributed by atoms with Crippen molar-refractivity contribution >= 4 is 15.9 Å². The molecule has 1 fully saturated rings. The first-order chi connectivity index (χ1) is 8.29. The Morgan fingerprint density at radius 2 is 2.47 bits per heavy atom. The van der Waals surface area contributed by atoms with E-state index in [0.29, 0.717) is 6.04 Å².